The number of carbonyl (C=O) groups excluding carboxylic acids is 11. The molecule has 3 rings (SSSR count). The van der Waals surface area contributed by atoms with Gasteiger partial charge in [-0.3, -0.25) is 52.7 Å². The Balaban J connectivity index is 2.04. The lowest BCUT2D eigenvalue weighted by atomic mass is 9.96. The van der Waals surface area contributed by atoms with Crippen molar-refractivity contribution in [2.75, 3.05) is 31.1 Å². The average Bonchev–Trinajstić information content (AvgIpc) is 3.80. The van der Waals surface area contributed by atoms with E-state index in [1.54, 1.807) is 44.2 Å². The highest BCUT2D eigenvalue weighted by Gasteiger charge is 2.41. The maximum absolute atomic E-state index is 14.5. The normalized spacial score (nSPS) is 24.4. The number of hydrogen-bond acceptors (Lipinski definition) is 15. The van der Waals surface area contributed by atoms with E-state index in [1.807, 2.05) is 0 Å². The van der Waals surface area contributed by atoms with Crippen LogP contribution in [0.15, 0.2) is 30.3 Å². The number of nitrogens with zero attached hydrogens (tertiary/aromatic N) is 1. The van der Waals surface area contributed by atoms with E-state index in [0.717, 1.165) is 21.6 Å². The molecule has 0 bridgehead atoms. The highest BCUT2D eigenvalue weighted by atomic mass is 33.1. The number of benzene rings is 1. The minimum absolute atomic E-state index is 0.00260. The molecule has 0 aromatic heterocycles. The molecule has 26 heteroatoms. The van der Waals surface area contributed by atoms with Crippen LogP contribution >= 0.6 is 21.6 Å². The number of carbonyl (C=O) groups is 11. The minimum atomic E-state index is -1.74. The molecule has 0 aliphatic carbocycles. The molecule has 2 fully saturated rings. The molecule has 1 aromatic rings. The Morgan fingerprint density at radius 2 is 1.43 bits per heavy atom. The second-order valence-electron chi connectivity index (χ2n) is 16.5. The molecule has 24 nitrogen and oxygen atoms in total. The van der Waals surface area contributed by atoms with Gasteiger partial charge in [-0.2, -0.15) is 0 Å². The first-order valence-electron chi connectivity index (χ1n) is 22.2. The molecule has 376 valence electrons. The van der Waals surface area contributed by atoms with Crippen LogP contribution in [0.3, 0.4) is 0 Å². The highest BCUT2D eigenvalue weighted by Crippen LogP contribution is 2.26. The van der Waals surface area contributed by atoms with E-state index < -0.39 is 139 Å². The Hall–Kier alpha value is -5.99. The Morgan fingerprint density at radius 1 is 0.794 bits per heavy atom. The second kappa shape index (κ2) is 28.4. The third-order valence-corrected chi connectivity index (χ3v) is 13.6. The van der Waals surface area contributed by atoms with Gasteiger partial charge in [0.1, 0.15) is 42.3 Å². The molecule has 11 amide bonds. The van der Waals surface area contributed by atoms with E-state index >= 15 is 0 Å². The number of nitrogens with one attached hydrogen (secondary N) is 7. The molecule has 9 atom stereocenters. The van der Waals surface area contributed by atoms with E-state index in [9.17, 15) is 52.7 Å². The number of primary amides is 3. The summed E-state index contributed by atoms with van der Waals surface area (Å²) in [6.45, 7) is 3.18. The van der Waals surface area contributed by atoms with Crippen molar-refractivity contribution in [2.24, 2.45) is 34.6 Å². The molecule has 3 unspecified atom stereocenters. The molecule has 0 saturated carbocycles. The van der Waals surface area contributed by atoms with Crippen LogP contribution in [-0.2, 0) is 59.2 Å². The number of rotatable bonds is 18. The Morgan fingerprint density at radius 3 is 2.06 bits per heavy atom. The molecule has 68 heavy (non-hydrogen) atoms. The Bertz CT molecular complexity index is 1980. The van der Waals surface area contributed by atoms with Gasteiger partial charge < -0.3 is 70.8 Å². The van der Waals surface area contributed by atoms with Crippen molar-refractivity contribution in [3.63, 3.8) is 0 Å². The van der Waals surface area contributed by atoms with Crippen LogP contribution in [0.4, 0.5) is 0 Å². The summed E-state index contributed by atoms with van der Waals surface area (Å²) < 4.78 is 0. The molecule has 2 saturated heterocycles. The predicted molar refractivity (Wildman–Crippen MR) is 252 cm³/mol. The molecule has 1 aromatic carbocycles. The van der Waals surface area contributed by atoms with Crippen molar-refractivity contribution in [3.05, 3.63) is 35.9 Å². The number of amides is 11. The van der Waals surface area contributed by atoms with Crippen molar-refractivity contribution in [1.82, 2.24) is 42.1 Å². The zero-order valence-corrected chi connectivity index (χ0v) is 39.8. The third kappa shape index (κ3) is 18.2. The topological polar surface area (TPSA) is 405 Å². The van der Waals surface area contributed by atoms with Crippen LogP contribution < -0.4 is 65.9 Å². The van der Waals surface area contributed by atoms with Gasteiger partial charge in [0.2, 0.25) is 65.0 Å². The van der Waals surface area contributed by atoms with Gasteiger partial charge in [-0.1, -0.05) is 72.2 Å². The van der Waals surface area contributed by atoms with Crippen LogP contribution in [0.1, 0.15) is 70.8 Å². The van der Waals surface area contributed by atoms with E-state index in [0.29, 0.717) is 24.8 Å². The van der Waals surface area contributed by atoms with Crippen LogP contribution in [0, 0.1) is 5.92 Å². The summed E-state index contributed by atoms with van der Waals surface area (Å²) in [5, 5.41) is 17.9. The van der Waals surface area contributed by atoms with Gasteiger partial charge in [0.05, 0.1) is 19.0 Å². The van der Waals surface area contributed by atoms with Gasteiger partial charge in [-0.05, 0) is 50.1 Å². The van der Waals surface area contributed by atoms with E-state index in [-0.39, 0.29) is 50.3 Å². The van der Waals surface area contributed by atoms with E-state index in [2.05, 4.69) is 37.2 Å². The van der Waals surface area contributed by atoms with Crippen molar-refractivity contribution in [1.29, 1.82) is 0 Å². The molecule has 2 heterocycles. The summed E-state index contributed by atoms with van der Waals surface area (Å²) in [7, 11) is 2.08. The standard InChI is InChI=1S/C42H65N13O11S2/c1-3-22(2)34-41(65)50-26(13-14-31(45)56)37(61)52-28(18-32(46)57)38(62)53-29(21-68-67-20-24(44)35(59)51-27(39(63)54-34)17-23-9-5-4-6-10-23)42(66)55-16-8-12-30(55)40(64)49-25(11-7-15-43)36(60)48-19-33(47)58/h4-6,9-10,22,24-30,34H,3,7-8,11-21,43-44H2,1-2H3,(H2,45,56)(H2,46,57)(H2,47,58)(H,48,60)(H,49,64)(H,50,65)(H,51,59)(H,52,61)(H,53,62)(H,54,63)/t22-,24-,25-,26?,27?,28-,29?,30-,34-/m0/s1. The van der Waals surface area contributed by atoms with E-state index in [1.165, 1.54) is 4.90 Å². The molecule has 0 radical (unpaired) electrons. The van der Waals surface area contributed by atoms with Gasteiger partial charge in [-0.25, -0.2) is 0 Å². The van der Waals surface area contributed by atoms with Crippen LogP contribution in [0.5, 0.6) is 0 Å². The lowest BCUT2D eigenvalue weighted by molar-refractivity contribution is -0.142. The fraction of sp³-hybridized carbons (Fsp3) is 0.595. The van der Waals surface area contributed by atoms with E-state index in [4.69, 9.17) is 28.7 Å². The maximum atomic E-state index is 14.5. The number of hydrogen-bond donors (Lipinski definition) is 12. The summed E-state index contributed by atoms with van der Waals surface area (Å²) in [6, 6.07) is -2.00. The van der Waals surface area contributed by atoms with Gasteiger partial charge >= 0.3 is 0 Å². The fourth-order valence-electron chi connectivity index (χ4n) is 7.21. The molecule has 0 spiro atoms. The first kappa shape index (κ1) is 56.3. The summed E-state index contributed by atoms with van der Waals surface area (Å²) in [4.78, 5) is 148. The molecule has 2 aliphatic rings. The smallest absolute Gasteiger partial charge is 0.246 e. The van der Waals surface area contributed by atoms with Gasteiger partial charge in [0.15, 0.2) is 0 Å². The lowest BCUT2D eigenvalue weighted by Gasteiger charge is -2.31. The molecular formula is C42H65N13O11S2. The Labute approximate surface area is 401 Å². The fourth-order valence-corrected chi connectivity index (χ4v) is 9.49. The largest absolute Gasteiger partial charge is 0.370 e. The van der Waals surface area contributed by atoms with Crippen molar-refractivity contribution < 1.29 is 52.7 Å². The summed E-state index contributed by atoms with van der Waals surface area (Å²) in [5.74, 6) is -10.1. The van der Waals surface area contributed by atoms with Crippen molar-refractivity contribution in [2.45, 2.75) is 120 Å². The SMILES string of the molecule is CC[C@H](C)[C@@H]1NC(=O)C(Cc2ccccc2)NC(=O)[C@@H](N)CSSCC(C(=O)N2CCC[C@H]2C(=O)N[C@@H](CCCN)C(=O)NCC(N)=O)NC(=O)[C@H](CC(N)=O)NC(=O)C(CCC(N)=O)NC1=O. The quantitative estimate of drug-likeness (QED) is 0.0616. The summed E-state index contributed by atoms with van der Waals surface area (Å²) >= 11 is 0. The van der Waals surface area contributed by atoms with Crippen LogP contribution in [-0.4, -0.2) is 149 Å². The summed E-state index contributed by atoms with van der Waals surface area (Å²) in [6.07, 6.45) is -0.293. The zero-order chi connectivity index (χ0) is 50.5. The number of nitrogens with two attached hydrogens (primary N) is 5. The molecule has 2 aliphatic heterocycles. The van der Waals surface area contributed by atoms with Gasteiger partial charge in [-0.15, -0.1) is 0 Å². The van der Waals surface area contributed by atoms with Gasteiger partial charge in [0.25, 0.3) is 0 Å². The molecule has 17 N–H and O–H groups in total. The first-order valence-corrected chi connectivity index (χ1v) is 24.7. The lowest BCUT2D eigenvalue weighted by Crippen LogP contribution is -2.61. The Kier molecular flexibility index (Phi) is 23.5. The molecular weight excluding hydrogens is 927 g/mol. The third-order valence-electron chi connectivity index (χ3n) is 11.2. The monoisotopic (exact) mass is 991 g/mol. The predicted octanol–water partition coefficient (Wildman–Crippen LogP) is -4.62. The second-order valence-corrected chi connectivity index (χ2v) is 19.1. The van der Waals surface area contributed by atoms with Gasteiger partial charge in [0, 0.05) is 30.9 Å². The zero-order valence-electron chi connectivity index (χ0n) is 38.1. The van der Waals surface area contributed by atoms with Crippen LogP contribution in [0.25, 0.3) is 0 Å². The number of likely N-dealkylation sites (tertiary alicyclic amines) is 1. The van der Waals surface area contributed by atoms with Crippen molar-refractivity contribution in [3.8, 4) is 0 Å². The summed E-state index contributed by atoms with van der Waals surface area (Å²) in [5.41, 5.74) is 28.7. The van der Waals surface area contributed by atoms with Crippen LogP contribution in [0.2, 0.25) is 0 Å². The first-order chi connectivity index (χ1) is 32.2. The van der Waals surface area contributed by atoms with Crippen molar-refractivity contribution >= 4 is 86.6 Å². The average molecular weight is 992 g/mol. The minimum Gasteiger partial charge on any atom is -0.370 e. The highest BCUT2D eigenvalue weighted by molar-refractivity contribution is 8.76. The maximum Gasteiger partial charge on any atom is 0.246 e.